The standard InChI is InChI=1S/C22H22ClNO5/c1-24-8-7-13(15(24)11-25)20-19(28-2)10-17(27)21-16(26)9-18(29-22(20)21)12-5-3-4-6-14(12)23/h3-6,9-10,13,15,25,27H,7-8,11H2,1-2H3. The SMILES string of the molecule is COc1cc(O)c2c(=O)cc(-c3ccccc3Cl)oc2c1C1CCN(C)C1CO. The molecule has 0 bridgehead atoms. The lowest BCUT2D eigenvalue weighted by Crippen LogP contribution is -2.32. The Morgan fingerprint density at radius 2 is 2.07 bits per heavy atom. The highest BCUT2D eigenvalue weighted by Gasteiger charge is 2.37. The predicted molar refractivity (Wildman–Crippen MR) is 112 cm³/mol. The molecule has 1 aliphatic heterocycles. The number of phenolic OH excluding ortho intramolecular Hbond substituents is 1. The van der Waals surface area contributed by atoms with Gasteiger partial charge in [0.05, 0.1) is 18.7 Å². The van der Waals surface area contributed by atoms with E-state index >= 15 is 0 Å². The number of hydrogen-bond donors (Lipinski definition) is 2. The van der Waals surface area contributed by atoms with Crippen molar-refractivity contribution < 1.29 is 19.4 Å². The van der Waals surface area contributed by atoms with Gasteiger partial charge in [0.15, 0.2) is 5.43 Å². The second-order valence-corrected chi connectivity index (χ2v) is 7.70. The lowest BCUT2D eigenvalue weighted by molar-refractivity contribution is 0.171. The van der Waals surface area contributed by atoms with Crippen LogP contribution in [-0.4, -0.2) is 48.5 Å². The molecule has 1 fully saturated rings. The van der Waals surface area contributed by atoms with Gasteiger partial charge in [-0.05, 0) is 32.1 Å². The van der Waals surface area contributed by atoms with E-state index in [4.69, 9.17) is 20.8 Å². The molecule has 7 heteroatoms. The molecule has 2 heterocycles. The molecular weight excluding hydrogens is 394 g/mol. The summed E-state index contributed by atoms with van der Waals surface area (Å²) in [5.74, 6) is 0.418. The number of rotatable bonds is 4. The Bertz CT molecular complexity index is 1130. The maximum atomic E-state index is 12.9. The average molecular weight is 416 g/mol. The van der Waals surface area contributed by atoms with Crippen LogP contribution in [0.25, 0.3) is 22.3 Å². The van der Waals surface area contributed by atoms with Crippen LogP contribution in [0.3, 0.4) is 0 Å². The fraction of sp³-hybridized carbons (Fsp3) is 0.318. The van der Waals surface area contributed by atoms with Crippen molar-refractivity contribution in [1.29, 1.82) is 0 Å². The van der Waals surface area contributed by atoms with E-state index < -0.39 is 0 Å². The van der Waals surface area contributed by atoms with Crippen molar-refractivity contribution in [2.24, 2.45) is 0 Å². The van der Waals surface area contributed by atoms with Crippen LogP contribution in [0.2, 0.25) is 5.02 Å². The number of aromatic hydroxyl groups is 1. The zero-order chi connectivity index (χ0) is 20.7. The monoisotopic (exact) mass is 415 g/mol. The van der Waals surface area contributed by atoms with E-state index in [2.05, 4.69) is 4.90 Å². The lowest BCUT2D eigenvalue weighted by Gasteiger charge is -2.25. The first-order chi connectivity index (χ1) is 14.0. The first-order valence-electron chi connectivity index (χ1n) is 9.40. The Balaban J connectivity index is 2.05. The van der Waals surface area contributed by atoms with Crippen LogP contribution >= 0.6 is 11.6 Å². The summed E-state index contributed by atoms with van der Waals surface area (Å²) in [4.78, 5) is 15.0. The maximum Gasteiger partial charge on any atom is 0.197 e. The number of likely N-dealkylation sites (tertiary alicyclic amines) is 1. The summed E-state index contributed by atoms with van der Waals surface area (Å²) in [5, 5.41) is 21.0. The molecule has 0 radical (unpaired) electrons. The smallest absolute Gasteiger partial charge is 0.197 e. The highest BCUT2D eigenvalue weighted by molar-refractivity contribution is 6.33. The normalized spacial score (nSPS) is 19.7. The number of halogens is 1. The molecule has 2 atom stereocenters. The predicted octanol–water partition coefficient (Wildman–Crippen LogP) is 3.61. The third kappa shape index (κ3) is 3.27. The van der Waals surface area contributed by atoms with Gasteiger partial charge in [0.1, 0.15) is 28.2 Å². The number of fused-ring (bicyclic) bond motifs is 1. The minimum Gasteiger partial charge on any atom is -0.507 e. The number of aliphatic hydroxyl groups excluding tert-OH is 1. The van der Waals surface area contributed by atoms with Crippen molar-refractivity contribution in [1.82, 2.24) is 4.90 Å². The number of benzene rings is 2. The van der Waals surface area contributed by atoms with E-state index in [1.807, 2.05) is 13.1 Å². The largest absolute Gasteiger partial charge is 0.507 e. The minimum atomic E-state index is -0.366. The van der Waals surface area contributed by atoms with Crippen LogP contribution < -0.4 is 10.2 Å². The number of nitrogens with zero attached hydrogens (tertiary/aromatic N) is 1. The summed E-state index contributed by atoms with van der Waals surface area (Å²) in [7, 11) is 3.45. The maximum absolute atomic E-state index is 12.9. The van der Waals surface area contributed by atoms with Crippen LogP contribution in [0.15, 0.2) is 45.6 Å². The lowest BCUT2D eigenvalue weighted by atomic mass is 9.89. The topological polar surface area (TPSA) is 83.1 Å². The summed E-state index contributed by atoms with van der Waals surface area (Å²) in [6.07, 6.45) is 0.762. The van der Waals surface area contributed by atoms with E-state index in [1.54, 1.807) is 18.2 Å². The number of phenols is 1. The molecule has 4 rings (SSSR count). The first kappa shape index (κ1) is 19.8. The third-order valence-corrected chi connectivity index (χ3v) is 6.05. The minimum absolute atomic E-state index is 0.0405. The molecule has 0 spiro atoms. The molecule has 3 aromatic rings. The van der Waals surface area contributed by atoms with Crippen molar-refractivity contribution in [2.75, 3.05) is 27.3 Å². The third-order valence-electron chi connectivity index (χ3n) is 5.72. The van der Waals surface area contributed by atoms with E-state index in [0.717, 1.165) is 13.0 Å². The number of likely N-dealkylation sites (N-methyl/N-ethyl adjacent to an activating group) is 1. The average Bonchev–Trinajstić information content (AvgIpc) is 3.07. The van der Waals surface area contributed by atoms with Crippen molar-refractivity contribution in [3.8, 4) is 22.8 Å². The van der Waals surface area contributed by atoms with Crippen molar-refractivity contribution >= 4 is 22.6 Å². The van der Waals surface area contributed by atoms with E-state index in [-0.39, 0.29) is 40.7 Å². The van der Waals surface area contributed by atoms with Gasteiger partial charge >= 0.3 is 0 Å². The first-order valence-corrected chi connectivity index (χ1v) is 9.77. The summed E-state index contributed by atoms with van der Waals surface area (Å²) >= 11 is 6.31. The fourth-order valence-electron chi connectivity index (χ4n) is 4.24. The molecule has 29 heavy (non-hydrogen) atoms. The molecule has 6 nitrogen and oxygen atoms in total. The zero-order valence-corrected chi connectivity index (χ0v) is 16.9. The Morgan fingerprint density at radius 3 is 2.76 bits per heavy atom. The highest BCUT2D eigenvalue weighted by Crippen LogP contribution is 2.44. The number of methoxy groups -OCH3 is 1. The molecule has 0 aliphatic carbocycles. The van der Waals surface area contributed by atoms with E-state index in [0.29, 0.717) is 27.7 Å². The quantitative estimate of drug-likeness (QED) is 0.677. The molecule has 152 valence electrons. The molecule has 0 saturated carbocycles. The summed E-state index contributed by atoms with van der Waals surface area (Å²) in [6.45, 7) is 0.747. The van der Waals surface area contributed by atoms with Crippen LogP contribution in [0.4, 0.5) is 0 Å². The van der Waals surface area contributed by atoms with Gasteiger partial charge in [-0.25, -0.2) is 0 Å². The molecule has 2 unspecified atom stereocenters. The highest BCUT2D eigenvalue weighted by atomic mass is 35.5. The number of aliphatic hydroxyl groups is 1. The van der Waals surface area contributed by atoms with Crippen LogP contribution in [0.5, 0.6) is 11.5 Å². The molecule has 1 aromatic heterocycles. The second kappa shape index (κ2) is 7.71. The van der Waals surface area contributed by atoms with E-state index in [9.17, 15) is 15.0 Å². The van der Waals surface area contributed by atoms with Gasteiger partial charge in [0.2, 0.25) is 0 Å². The molecule has 1 saturated heterocycles. The molecular formula is C22H22ClNO5. The van der Waals surface area contributed by atoms with Crippen LogP contribution in [0, 0.1) is 0 Å². The van der Waals surface area contributed by atoms with Gasteiger partial charge in [0.25, 0.3) is 0 Å². The van der Waals surface area contributed by atoms with Crippen molar-refractivity contribution in [2.45, 2.75) is 18.4 Å². The molecule has 2 aromatic carbocycles. The van der Waals surface area contributed by atoms with Gasteiger partial charge in [-0.1, -0.05) is 23.7 Å². The molecule has 1 aliphatic rings. The number of hydrogen-bond acceptors (Lipinski definition) is 6. The summed E-state index contributed by atoms with van der Waals surface area (Å²) in [6, 6.07) is 9.73. The zero-order valence-electron chi connectivity index (χ0n) is 16.2. The summed E-state index contributed by atoms with van der Waals surface area (Å²) < 4.78 is 11.7. The van der Waals surface area contributed by atoms with Gasteiger partial charge in [0, 0.05) is 35.2 Å². The van der Waals surface area contributed by atoms with Gasteiger partial charge in [-0.15, -0.1) is 0 Å². The summed E-state index contributed by atoms with van der Waals surface area (Å²) in [5.41, 5.74) is 1.16. The van der Waals surface area contributed by atoms with Crippen LogP contribution in [0.1, 0.15) is 17.9 Å². The van der Waals surface area contributed by atoms with Crippen LogP contribution in [-0.2, 0) is 0 Å². The Hall–Kier alpha value is -2.54. The molecule has 0 amide bonds. The Kier molecular flexibility index (Phi) is 5.25. The van der Waals surface area contributed by atoms with Gasteiger partial charge in [-0.2, -0.15) is 0 Å². The van der Waals surface area contributed by atoms with Gasteiger partial charge in [-0.3, -0.25) is 4.79 Å². The molecule has 2 N–H and O–H groups in total. The van der Waals surface area contributed by atoms with Crippen molar-refractivity contribution in [3.63, 3.8) is 0 Å². The fourth-order valence-corrected chi connectivity index (χ4v) is 4.47. The second-order valence-electron chi connectivity index (χ2n) is 7.30. The van der Waals surface area contributed by atoms with Gasteiger partial charge < -0.3 is 24.3 Å². The van der Waals surface area contributed by atoms with Crippen molar-refractivity contribution in [3.05, 3.63) is 57.2 Å². The van der Waals surface area contributed by atoms with E-state index in [1.165, 1.54) is 19.2 Å². The Morgan fingerprint density at radius 1 is 1.31 bits per heavy atom. The number of ether oxygens (including phenoxy) is 1. The Labute approximate surface area is 172 Å².